The standard InChI is InChI=1S/C15H14ClN/c1-17-10-11-6-2-3-7-12(11)15(17)13-8-4-5-9-14(13)16/h2-9,15H,10H2,1H3. The zero-order valence-electron chi connectivity index (χ0n) is 9.73. The van der Waals surface area contributed by atoms with Crippen molar-refractivity contribution in [1.82, 2.24) is 4.90 Å². The summed E-state index contributed by atoms with van der Waals surface area (Å²) in [7, 11) is 2.15. The lowest BCUT2D eigenvalue weighted by atomic mass is 9.98. The van der Waals surface area contributed by atoms with E-state index in [1.54, 1.807) is 0 Å². The maximum atomic E-state index is 6.31. The fourth-order valence-electron chi connectivity index (χ4n) is 2.64. The van der Waals surface area contributed by atoms with Gasteiger partial charge in [0.1, 0.15) is 0 Å². The minimum Gasteiger partial charge on any atom is -0.291 e. The van der Waals surface area contributed by atoms with E-state index in [-0.39, 0.29) is 0 Å². The van der Waals surface area contributed by atoms with E-state index < -0.39 is 0 Å². The molecule has 2 aromatic carbocycles. The molecule has 0 spiro atoms. The van der Waals surface area contributed by atoms with Gasteiger partial charge in [-0.2, -0.15) is 0 Å². The van der Waals surface area contributed by atoms with E-state index in [1.807, 2.05) is 12.1 Å². The Labute approximate surface area is 107 Å². The van der Waals surface area contributed by atoms with Crippen molar-refractivity contribution in [1.29, 1.82) is 0 Å². The van der Waals surface area contributed by atoms with Gasteiger partial charge in [-0.1, -0.05) is 54.1 Å². The van der Waals surface area contributed by atoms with Crippen LogP contribution in [0.2, 0.25) is 5.02 Å². The molecule has 1 aliphatic heterocycles. The Bertz CT molecular complexity index is 550. The number of rotatable bonds is 1. The first-order valence-corrected chi connectivity index (χ1v) is 6.17. The lowest BCUT2D eigenvalue weighted by Crippen LogP contribution is -2.17. The zero-order chi connectivity index (χ0) is 11.8. The van der Waals surface area contributed by atoms with Crippen LogP contribution in [-0.2, 0) is 6.54 Å². The topological polar surface area (TPSA) is 3.24 Å². The van der Waals surface area contributed by atoms with Crippen LogP contribution in [0.1, 0.15) is 22.7 Å². The van der Waals surface area contributed by atoms with E-state index in [0.29, 0.717) is 6.04 Å². The third-order valence-corrected chi connectivity index (χ3v) is 3.75. The van der Waals surface area contributed by atoms with E-state index in [9.17, 15) is 0 Å². The summed E-state index contributed by atoms with van der Waals surface area (Å²) >= 11 is 6.31. The molecule has 0 amide bonds. The van der Waals surface area contributed by atoms with Crippen molar-refractivity contribution in [2.24, 2.45) is 0 Å². The van der Waals surface area contributed by atoms with Gasteiger partial charge < -0.3 is 0 Å². The Balaban J connectivity index is 2.13. The predicted molar refractivity (Wildman–Crippen MR) is 71.2 cm³/mol. The molecule has 0 saturated heterocycles. The summed E-state index contributed by atoms with van der Waals surface area (Å²) in [5, 5.41) is 0.848. The molecular formula is C15H14ClN. The molecule has 1 atom stereocenters. The van der Waals surface area contributed by atoms with Gasteiger partial charge in [0.2, 0.25) is 0 Å². The average molecular weight is 244 g/mol. The van der Waals surface area contributed by atoms with Crippen LogP contribution in [0.3, 0.4) is 0 Å². The number of fused-ring (bicyclic) bond motifs is 1. The fraction of sp³-hybridized carbons (Fsp3) is 0.200. The number of hydrogen-bond donors (Lipinski definition) is 0. The predicted octanol–water partition coefficient (Wildman–Crippen LogP) is 3.87. The van der Waals surface area contributed by atoms with Gasteiger partial charge in [0, 0.05) is 11.6 Å². The monoisotopic (exact) mass is 243 g/mol. The molecule has 17 heavy (non-hydrogen) atoms. The smallest absolute Gasteiger partial charge is 0.0620 e. The lowest BCUT2D eigenvalue weighted by molar-refractivity contribution is 0.304. The number of halogens is 1. The molecule has 0 bridgehead atoms. The molecule has 0 aromatic heterocycles. The summed E-state index contributed by atoms with van der Waals surface area (Å²) in [5.74, 6) is 0. The Kier molecular flexibility index (Phi) is 2.65. The molecule has 0 aliphatic carbocycles. The van der Waals surface area contributed by atoms with Crippen LogP contribution in [0, 0.1) is 0 Å². The van der Waals surface area contributed by atoms with Crippen LogP contribution in [0.15, 0.2) is 48.5 Å². The third-order valence-electron chi connectivity index (χ3n) is 3.41. The molecule has 0 fully saturated rings. The van der Waals surface area contributed by atoms with Gasteiger partial charge in [0.25, 0.3) is 0 Å². The molecule has 86 valence electrons. The molecule has 1 nitrogen and oxygen atoms in total. The van der Waals surface area contributed by atoms with Gasteiger partial charge in [0.15, 0.2) is 0 Å². The maximum absolute atomic E-state index is 6.31. The Morgan fingerprint density at radius 2 is 1.65 bits per heavy atom. The molecule has 1 unspecified atom stereocenters. The average Bonchev–Trinajstić information content (AvgIpc) is 2.66. The molecular weight excluding hydrogens is 230 g/mol. The lowest BCUT2D eigenvalue weighted by Gasteiger charge is -2.21. The fourth-order valence-corrected chi connectivity index (χ4v) is 2.88. The van der Waals surface area contributed by atoms with Crippen LogP contribution in [0.4, 0.5) is 0 Å². The third kappa shape index (κ3) is 1.76. The molecule has 1 aliphatic rings. The molecule has 2 heteroatoms. The second kappa shape index (κ2) is 4.17. The van der Waals surface area contributed by atoms with Crippen LogP contribution in [-0.4, -0.2) is 11.9 Å². The number of hydrogen-bond acceptors (Lipinski definition) is 1. The summed E-state index contributed by atoms with van der Waals surface area (Å²) in [6.45, 7) is 0.992. The molecule has 0 radical (unpaired) electrons. The second-order valence-electron chi connectivity index (χ2n) is 4.54. The highest BCUT2D eigenvalue weighted by atomic mass is 35.5. The van der Waals surface area contributed by atoms with Crippen molar-refractivity contribution in [3.8, 4) is 0 Å². The first-order valence-electron chi connectivity index (χ1n) is 5.80. The first-order chi connectivity index (χ1) is 8.27. The van der Waals surface area contributed by atoms with Crippen molar-refractivity contribution in [3.05, 3.63) is 70.2 Å². The minimum absolute atomic E-state index is 0.292. The maximum Gasteiger partial charge on any atom is 0.0620 e. The van der Waals surface area contributed by atoms with E-state index in [4.69, 9.17) is 11.6 Å². The van der Waals surface area contributed by atoms with E-state index >= 15 is 0 Å². The summed E-state index contributed by atoms with van der Waals surface area (Å²) < 4.78 is 0. The molecule has 0 saturated carbocycles. The Hall–Kier alpha value is -1.31. The Morgan fingerprint density at radius 3 is 2.41 bits per heavy atom. The first kappa shape index (κ1) is 10.8. The van der Waals surface area contributed by atoms with Crippen molar-refractivity contribution in [3.63, 3.8) is 0 Å². The van der Waals surface area contributed by atoms with Gasteiger partial charge in [-0.3, -0.25) is 4.90 Å². The number of benzene rings is 2. The van der Waals surface area contributed by atoms with Gasteiger partial charge in [-0.25, -0.2) is 0 Å². The van der Waals surface area contributed by atoms with Crippen LogP contribution >= 0.6 is 11.6 Å². The van der Waals surface area contributed by atoms with Gasteiger partial charge in [-0.15, -0.1) is 0 Å². The SMILES string of the molecule is CN1Cc2ccccc2C1c1ccccc1Cl. The minimum atomic E-state index is 0.292. The van der Waals surface area contributed by atoms with E-state index in [2.05, 4.69) is 48.3 Å². The molecule has 1 heterocycles. The summed E-state index contributed by atoms with van der Waals surface area (Å²) in [6.07, 6.45) is 0. The molecule has 2 aromatic rings. The van der Waals surface area contributed by atoms with Crippen molar-refractivity contribution >= 4 is 11.6 Å². The second-order valence-corrected chi connectivity index (χ2v) is 4.95. The van der Waals surface area contributed by atoms with Gasteiger partial charge >= 0.3 is 0 Å². The molecule has 0 N–H and O–H groups in total. The number of nitrogens with zero attached hydrogens (tertiary/aromatic N) is 1. The summed E-state index contributed by atoms with van der Waals surface area (Å²) in [5.41, 5.74) is 3.98. The normalized spacial score (nSPS) is 19.3. The molecule has 3 rings (SSSR count). The van der Waals surface area contributed by atoms with E-state index in [0.717, 1.165) is 11.6 Å². The highest BCUT2D eigenvalue weighted by Gasteiger charge is 2.29. The van der Waals surface area contributed by atoms with Gasteiger partial charge in [-0.05, 0) is 29.8 Å². The van der Waals surface area contributed by atoms with Crippen LogP contribution < -0.4 is 0 Å². The van der Waals surface area contributed by atoms with Crippen LogP contribution in [0.25, 0.3) is 0 Å². The van der Waals surface area contributed by atoms with Crippen LogP contribution in [0.5, 0.6) is 0 Å². The zero-order valence-corrected chi connectivity index (χ0v) is 10.5. The highest BCUT2D eigenvalue weighted by Crippen LogP contribution is 2.39. The van der Waals surface area contributed by atoms with Crippen molar-refractivity contribution in [2.45, 2.75) is 12.6 Å². The van der Waals surface area contributed by atoms with Crippen molar-refractivity contribution in [2.75, 3.05) is 7.05 Å². The quantitative estimate of drug-likeness (QED) is 0.735. The van der Waals surface area contributed by atoms with Crippen molar-refractivity contribution < 1.29 is 0 Å². The Morgan fingerprint density at radius 1 is 1.00 bits per heavy atom. The summed E-state index contributed by atoms with van der Waals surface area (Å²) in [6, 6.07) is 17.0. The van der Waals surface area contributed by atoms with Gasteiger partial charge in [0.05, 0.1) is 6.04 Å². The largest absolute Gasteiger partial charge is 0.291 e. The van der Waals surface area contributed by atoms with E-state index in [1.165, 1.54) is 16.7 Å². The highest BCUT2D eigenvalue weighted by molar-refractivity contribution is 6.31. The summed E-state index contributed by atoms with van der Waals surface area (Å²) in [4.78, 5) is 2.34.